The molecule has 6 heteroatoms. The fraction of sp³-hybridized carbons (Fsp3) is 0.231. The summed E-state index contributed by atoms with van der Waals surface area (Å²) >= 11 is 5.80. The lowest BCUT2D eigenvalue weighted by molar-refractivity contribution is 0.310. The lowest BCUT2D eigenvalue weighted by atomic mass is 10.1. The normalized spacial score (nSPS) is 17.1. The van der Waals surface area contributed by atoms with Gasteiger partial charge in [-0.2, -0.15) is 0 Å². The van der Waals surface area contributed by atoms with Gasteiger partial charge in [-0.05, 0) is 13.0 Å². The Morgan fingerprint density at radius 2 is 2.11 bits per heavy atom. The highest BCUT2D eigenvalue weighted by atomic mass is 35.5. The lowest BCUT2D eigenvalue weighted by Gasteiger charge is -2.12. The van der Waals surface area contributed by atoms with Crippen LogP contribution in [0.4, 0.5) is 0 Å². The molecule has 0 radical (unpaired) electrons. The smallest absolute Gasteiger partial charge is 0.330 e. The third-order valence-corrected chi connectivity index (χ3v) is 3.67. The molecule has 98 valence electrons. The molecule has 0 fully saturated rings. The predicted molar refractivity (Wildman–Crippen MR) is 71.1 cm³/mol. The average Bonchev–Trinajstić information content (AvgIpc) is 2.81. The summed E-state index contributed by atoms with van der Waals surface area (Å²) in [7, 11) is 0. The minimum absolute atomic E-state index is 0.0819. The van der Waals surface area contributed by atoms with Crippen molar-refractivity contribution in [3.63, 3.8) is 0 Å². The van der Waals surface area contributed by atoms with E-state index in [2.05, 4.69) is 4.98 Å². The first-order valence-corrected chi connectivity index (χ1v) is 6.20. The number of aromatic amines is 1. The van der Waals surface area contributed by atoms with Gasteiger partial charge in [0.15, 0.2) is 0 Å². The number of benzene rings is 1. The van der Waals surface area contributed by atoms with E-state index >= 15 is 0 Å². The number of hydrogen-bond acceptors (Lipinski definition) is 3. The van der Waals surface area contributed by atoms with E-state index in [1.165, 1.54) is 0 Å². The van der Waals surface area contributed by atoms with E-state index in [1.54, 1.807) is 6.92 Å². The summed E-state index contributed by atoms with van der Waals surface area (Å²) in [5, 5.41) is 0.0819. The highest BCUT2D eigenvalue weighted by molar-refractivity contribution is 6.30. The van der Waals surface area contributed by atoms with Crippen molar-refractivity contribution in [2.24, 2.45) is 0 Å². The highest BCUT2D eigenvalue weighted by Crippen LogP contribution is 2.33. The minimum atomic E-state index is -0.522. The second-order valence-corrected chi connectivity index (χ2v) is 4.79. The summed E-state index contributed by atoms with van der Waals surface area (Å²) < 4.78 is 6.66. The lowest BCUT2D eigenvalue weighted by Crippen LogP contribution is -2.40. The third kappa shape index (κ3) is 1.77. The van der Waals surface area contributed by atoms with Crippen molar-refractivity contribution < 1.29 is 4.74 Å². The first-order chi connectivity index (χ1) is 9.09. The molecular formula is C13H11ClN2O3. The average molecular weight is 279 g/mol. The molecule has 3 rings (SSSR count). The summed E-state index contributed by atoms with van der Waals surface area (Å²) in [6.45, 7) is 1.85. The summed E-state index contributed by atoms with van der Waals surface area (Å²) in [5.41, 5.74) is 0.243. The molecule has 0 spiro atoms. The largest absolute Gasteiger partial charge is 0.491 e. The van der Waals surface area contributed by atoms with Crippen molar-refractivity contribution in [1.29, 1.82) is 0 Å². The molecule has 1 aromatic carbocycles. The molecular weight excluding hydrogens is 268 g/mol. The quantitative estimate of drug-likeness (QED) is 0.804. The SMILES string of the molecule is Cc1c(Cl)[nH]c(=O)n(C2COc3ccccc32)c1=O. The van der Waals surface area contributed by atoms with Gasteiger partial charge in [0.2, 0.25) is 0 Å². The monoisotopic (exact) mass is 278 g/mol. The summed E-state index contributed by atoms with van der Waals surface area (Å²) in [4.78, 5) is 26.7. The Bertz CT molecular complexity index is 763. The van der Waals surface area contributed by atoms with Gasteiger partial charge in [-0.15, -0.1) is 0 Å². The molecule has 19 heavy (non-hydrogen) atoms. The predicted octanol–water partition coefficient (Wildman–Crippen LogP) is 1.48. The van der Waals surface area contributed by atoms with Crippen LogP contribution in [0.25, 0.3) is 0 Å². The van der Waals surface area contributed by atoms with Gasteiger partial charge in [0.1, 0.15) is 23.6 Å². The number of ether oxygens (including phenoxy) is 1. The van der Waals surface area contributed by atoms with Gasteiger partial charge in [0.25, 0.3) is 5.56 Å². The third-order valence-electron chi connectivity index (χ3n) is 3.29. The van der Waals surface area contributed by atoms with E-state index in [4.69, 9.17) is 16.3 Å². The van der Waals surface area contributed by atoms with E-state index in [0.717, 1.165) is 10.1 Å². The zero-order chi connectivity index (χ0) is 13.6. The van der Waals surface area contributed by atoms with Gasteiger partial charge in [0.05, 0.1) is 0 Å². The molecule has 0 saturated heterocycles. The zero-order valence-electron chi connectivity index (χ0n) is 10.1. The van der Waals surface area contributed by atoms with Gasteiger partial charge in [-0.3, -0.25) is 9.78 Å². The molecule has 1 aliphatic rings. The molecule has 2 heterocycles. The number of H-pyrrole nitrogens is 1. The van der Waals surface area contributed by atoms with Crippen LogP contribution in [0.3, 0.4) is 0 Å². The van der Waals surface area contributed by atoms with Gasteiger partial charge in [-0.25, -0.2) is 9.36 Å². The number of nitrogens with one attached hydrogen (secondary N) is 1. The standard InChI is InChI=1S/C13H11ClN2O3/c1-7-11(14)15-13(18)16(12(7)17)9-6-19-10-5-3-2-4-8(9)10/h2-5,9H,6H2,1H3,(H,15,18). The van der Waals surface area contributed by atoms with E-state index < -0.39 is 11.7 Å². The van der Waals surface area contributed by atoms with E-state index in [9.17, 15) is 9.59 Å². The van der Waals surface area contributed by atoms with Crippen LogP contribution in [0.5, 0.6) is 5.75 Å². The number of para-hydroxylation sites is 1. The molecule has 1 aliphatic heterocycles. The van der Waals surface area contributed by atoms with Gasteiger partial charge in [-0.1, -0.05) is 29.8 Å². The molecule has 0 bridgehead atoms. The van der Waals surface area contributed by atoms with Crippen LogP contribution in [0.1, 0.15) is 17.2 Å². The maximum Gasteiger partial charge on any atom is 0.330 e. The topological polar surface area (TPSA) is 64.1 Å². The second kappa shape index (κ2) is 4.28. The number of aromatic nitrogens is 2. The molecule has 2 aromatic rings. The Hall–Kier alpha value is -2.01. The van der Waals surface area contributed by atoms with Crippen molar-refractivity contribution in [3.05, 3.63) is 61.4 Å². The summed E-state index contributed by atoms with van der Waals surface area (Å²) in [6.07, 6.45) is 0. The fourth-order valence-corrected chi connectivity index (χ4v) is 2.42. The second-order valence-electron chi connectivity index (χ2n) is 4.41. The Balaban J connectivity index is 2.24. The Labute approximate surface area is 113 Å². The number of nitrogens with zero attached hydrogens (tertiary/aromatic N) is 1. The van der Waals surface area contributed by atoms with Gasteiger partial charge < -0.3 is 4.74 Å². The zero-order valence-corrected chi connectivity index (χ0v) is 10.9. The molecule has 0 amide bonds. The van der Waals surface area contributed by atoms with Crippen LogP contribution < -0.4 is 16.0 Å². The van der Waals surface area contributed by atoms with Crippen molar-refractivity contribution in [3.8, 4) is 5.75 Å². The molecule has 1 atom stereocenters. The van der Waals surface area contributed by atoms with Crippen molar-refractivity contribution in [2.45, 2.75) is 13.0 Å². The van der Waals surface area contributed by atoms with Crippen molar-refractivity contribution in [2.75, 3.05) is 6.61 Å². The van der Waals surface area contributed by atoms with E-state index in [-0.39, 0.29) is 17.3 Å². The van der Waals surface area contributed by atoms with Crippen LogP contribution in [0, 0.1) is 6.92 Å². The minimum Gasteiger partial charge on any atom is -0.491 e. The Morgan fingerprint density at radius 3 is 2.89 bits per heavy atom. The van der Waals surface area contributed by atoms with Crippen LogP contribution in [0.15, 0.2) is 33.9 Å². The molecule has 1 aromatic heterocycles. The number of fused-ring (bicyclic) bond motifs is 1. The first-order valence-electron chi connectivity index (χ1n) is 5.82. The molecule has 1 unspecified atom stereocenters. The first kappa shape index (κ1) is 12.0. The van der Waals surface area contributed by atoms with Gasteiger partial charge >= 0.3 is 5.69 Å². The molecule has 5 nitrogen and oxygen atoms in total. The van der Waals surface area contributed by atoms with Crippen molar-refractivity contribution >= 4 is 11.6 Å². The van der Waals surface area contributed by atoms with Crippen LogP contribution in [-0.4, -0.2) is 16.2 Å². The van der Waals surface area contributed by atoms with Crippen LogP contribution >= 0.6 is 11.6 Å². The van der Waals surface area contributed by atoms with Gasteiger partial charge in [0, 0.05) is 11.1 Å². The summed E-state index contributed by atoms with van der Waals surface area (Å²) in [5.74, 6) is 0.700. The maximum atomic E-state index is 12.2. The number of halogens is 1. The number of rotatable bonds is 1. The Kier molecular flexibility index (Phi) is 2.71. The van der Waals surface area contributed by atoms with Crippen molar-refractivity contribution in [1.82, 2.24) is 9.55 Å². The number of hydrogen-bond donors (Lipinski definition) is 1. The fourth-order valence-electron chi connectivity index (χ4n) is 2.26. The molecule has 0 saturated carbocycles. The maximum absolute atomic E-state index is 12.2. The Morgan fingerprint density at radius 1 is 1.37 bits per heavy atom. The van der Waals surface area contributed by atoms with Crippen LogP contribution in [0.2, 0.25) is 5.15 Å². The van der Waals surface area contributed by atoms with E-state index in [1.807, 2.05) is 24.3 Å². The summed E-state index contributed by atoms with van der Waals surface area (Å²) in [6, 6.07) is 6.95. The molecule has 0 aliphatic carbocycles. The van der Waals surface area contributed by atoms with Crippen LogP contribution in [-0.2, 0) is 0 Å². The molecule has 1 N–H and O–H groups in total. The van der Waals surface area contributed by atoms with E-state index in [0.29, 0.717) is 11.3 Å². The highest BCUT2D eigenvalue weighted by Gasteiger charge is 2.28.